The summed E-state index contributed by atoms with van der Waals surface area (Å²) in [5, 5.41) is 13.6. The van der Waals surface area contributed by atoms with Crippen LogP contribution in [0.5, 0.6) is 0 Å². The monoisotopic (exact) mass is 283 g/mol. The molecule has 7 heteroatoms. The summed E-state index contributed by atoms with van der Waals surface area (Å²) in [5.74, 6) is -0.987. The Bertz CT molecular complexity index is 562. The molecule has 2 rings (SSSR count). The number of aryl methyl sites for hydroxylation is 2. The number of hydrogen-bond acceptors (Lipinski definition) is 6. The molecule has 0 aromatic carbocycles. The van der Waals surface area contributed by atoms with E-state index in [4.69, 9.17) is 5.11 Å². The summed E-state index contributed by atoms with van der Waals surface area (Å²) in [6.45, 7) is 4.43. The average molecular weight is 283 g/mol. The van der Waals surface area contributed by atoms with E-state index in [0.29, 0.717) is 16.6 Å². The highest BCUT2D eigenvalue weighted by Gasteiger charge is 2.13. The van der Waals surface area contributed by atoms with Crippen molar-refractivity contribution in [1.82, 2.24) is 9.97 Å². The first-order chi connectivity index (χ1) is 8.60. The standard InChI is InChI=1S/C11H13N3O2S2/c1-3-7-4-12-8(18-7)5-13-11-14-9(10(15)16)6(2)17-11/h4H,3,5H2,1-2H3,(H,13,14)(H,15,16). The first-order valence-electron chi connectivity index (χ1n) is 5.48. The number of carboxylic acids is 1. The van der Waals surface area contributed by atoms with Gasteiger partial charge in [-0.15, -0.1) is 22.7 Å². The summed E-state index contributed by atoms with van der Waals surface area (Å²) in [5.41, 5.74) is 0.121. The lowest BCUT2D eigenvalue weighted by atomic mass is 10.4. The van der Waals surface area contributed by atoms with Crippen LogP contribution < -0.4 is 5.32 Å². The quantitative estimate of drug-likeness (QED) is 0.882. The van der Waals surface area contributed by atoms with Gasteiger partial charge in [-0.2, -0.15) is 0 Å². The zero-order chi connectivity index (χ0) is 13.1. The van der Waals surface area contributed by atoms with Crippen LogP contribution in [0.2, 0.25) is 0 Å². The van der Waals surface area contributed by atoms with E-state index in [1.807, 2.05) is 6.20 Å². The summed E-state index contributed by atoms with van der Waals surface area (Å²) in [6.07, 6.45) is 2.86. The Hall–Kier alpha value is -1.47. The van der Waals surface area contributed by atoms with Crippen molar-refractivity contribution in [1.29, 1.82) is 0 Å². The lowest BCUT2D eigenvalue weighted by molar-refractivity contribution is 0.0690. The van der Waals surface area contributed by atoms with E-state index >= 15 is 0 Å². The lowest BCUT2D eigenvalue weighted by Gasteiger charge is -1.97. The van der Waals surface area contributed by atoms with Gasteiger partial charge in [-0.3, -0.25) is 0 Å². The van der Waals surface area contributed by atoms with Gasteiger partial charge in [-0.1, -0.05) is 6.92 Å². The predicted octanol–water partition coefficient (Wildman–Crippen LogP) is 2.78. The number of nitrogens with one attached hydrogen (secondary N) is 1. The highest BCUT2D eigenvalue weighted by Crippen LogP contribution is 2.23. The van der Waals surface area contributed by atoms with Crippen molar-refractivity contribution in [3.63, 3.8) is 0 Å². The van der Waals surface area contributed by atoms with Crippen LogP contribution in [0.25, 0.3) is 0 Å². The number of thiazole rings is 2. The van der Waals surface area contributed by atoms with E-state index in [1.54, 1.807) is 18.3 Å². The Balaban J connectivity index is 2.01. The Kier molecular flexibility index (Phi) is 3.93. The second-order valence-corrected chi connectivity index (χ2v) is 6.06. The highest BCUT2D eigenvalue weighted by atomic mass is 32.1. The summed E-state index contributed by atoms with van der Waals surface area (Å²) >= 11 is 3.00. The van der Waals surface area contributed by atoms with Gasteiger partial charge in [0.1, 0.15) is 5.01 Å². The van der Waals surface area contributed by atoms with Crippen LogP contribution in [0.3, 0.4) is 0 Å². The summed E-state index contributed by atoms with van der Waals surface area (Å²) in [4.78, 5) is 21.1. The zero-order valence-corrected chi connectivity index (χ0v) is 11.7. The molecule has 2 heterocycles. The fourth-order valence-corrected chi connectivity index (χ4v) is 3.02. The highest BCUT2D eigenvalue weighted by molar-refractivity contribution is 7.15. The van der Waals surface area contributed by atoms with Crippen molar-refractivity contribution >= 4 is 33.8 Å². The molecule has 0 spiro atoms. The lowest BCUT2D eigenvalue weighted by Crippen LogP contribution is -2.01. The van der Waals surface area contributed by atoms with Crippen LogP contribution in [0.15, 0.2) is 6.20 Å². The Labute approximate surface area is 113 Å². The number of carboxylic acid groups (broad SMARTS) is 1. The molecular weight excluding hydrogens is 270 g/mol. The topological polar surface area (TPSA) is 75.1 Å². The molecule has 2 aromatic heterocycles. The van der Waals surface area contributed by atoms with Crippen molar-refractivity contribution in [2.45, 2.75) is 26.8 Å². The molecule has 18 heavy (non-hydrogen) atoms. The molecule has 0 saturated heterocycles. The molecule has 2 aromatic rings. The van der Waals surface area contributed by atoms with Crippen LogP contribution >= 0.6 is 22.7 Å². The van der Waals surface area contributed by atoms with Gasteiger partial charge in [-0.25, -0.2) is 14.8 Å². The van der Waals surface area contributed by atoms with E-state index in [9.17, 15) is 4.79 Å². The molecule has 0 amide bonds. The summed E-state index contributed by atoms with van der Waals surface area (Å²) < 4.78 is 0. The van der Waals surface area contributed by atoms with E-state index in [0.717, 1.165) is 11.4 Å². The number of carbonyl (C=O) groups is 1. The molecular formula is C11H13N3O2S2. The third kappa shape index (κ3) is 2.85. The van der Waals surface area contributed by atoms with Crippen molar-refractivity contribution in [2.75, 3.05) is 5.32 Å². The van der Waals surface area contributed by atoms with Crippen LogP contribution in [0, 0.1) is 6.92 Å². The number of nitrogens with zero attached hydrogens (tertiary/aromatic N) is 2. The maximum atomic E-state index is 10.9. The number of hydrogen-bond donors (Lipinski definition) is 2. The number of anilines is 1. The smallest absolute Gasteiger partial charge is 0.355 e. The van der Waals surface area contributed by atoms with Gasteiger partial charge in [-0.05, 0) is 13.3 Å². The van der Waals surface area contributed by atoms with Crippen LogP contribution in [-0.4, -0.2) is 21.0 Å². The van der Waals surface area contributed by atoms with E-state index in [-0.39, 0.29) is 5.69 Å². The van der Waals surface area contributed by atoms with Gasteiger partial charge in [0.05, 0.1) is 6.54 Å². The molecule has 0 bridgehead atoms. The molecule has 0 radical (unpaired) electrons. The van der Waals surface area contributed by atoms with Crippen molar-refractivity contribution in [2.24, 2.45) is 0 Å². The Morgan fingerprint density at radius 1 is 1.50 bits per heavy atom. The Morgan fingerprint density at radius 3 is 2.83 bits per heavy atom. The first kappa shape index (κ1) is 13.0. The van der Waals surface area contributed by atoms with Crippen LogP contribution in [0.1, 0.15) is 32.2 Å². The largest absolute Gasteiger partial charge is 0.476 e. The van der Waals surface area contributed by atoms with Crippen molar-refractivity contribution in [3.8, 4) is 0 Å². The minimum atomic E-state index is -0.987. The average Bonchev–Trinajstić information content (AvgIpc) is 2.92. The third-order valence-corrected chi connectivity index (χ3v) is 4.41. The molecule has 0 atom stereocenters. The van der Waals surface area contributed by atoms with Gasteiger partial charge >= 0.3 is 5.97 Å². The summed E-state index contributed by atoms with van der Waals surface area (Å²) in [6, 6.07) is 0. The minimum absolute atomic E-state index is 0.121. The fourth-order valence-electron chi connectivity index (χ4n) is 1.41. The molecule has 96 valence electrons. The molecule has 5 nitrogen and oxygen atoms in total. The van der Waals surface area contributed by atoms with Crippen LogP contribution in [0.4, 0.5) is 5.13 Å². The SMILES string of the molecule is CCc1cnc(CNc2nc(C(=O)O)c(C)s2)s1. The second-order valence-electron chi connectivity index (χ2n) is 3.66. The van der Waals surface area contributed by atoms with Gasteiger partial charge in [0.25, 0.3) is 0 Å². The second kappa shape index (κ2) is 5.45. The minimum Gasteiger partial charge on any atom is -0.476 e. The van der Waals surface area contributed by atoms with Gasteiger partial charge in [0.15, 0.2) is 10.8 Å². The van der Waals surface area contributed by atoms with E-state index in [2.05, 4.69) is 22.2 Å². The molecule has 2 N–H and O–H groups in total. The van der Waals surface area contributed by atoms with Crippen LogP contribution in [-0.2, 0) is 13.0 Å². The van der Waals surface area contributed by atoms with Crippen molar-refractivity contribution < 1.29 is 9.90 Å². The number of aromatic nitrogens is 2. The molecule has 0 aliphatic rings. The fraction of sp³-hybridized carbons (Fsp3) is 0.364. The zero-order valence-electron chi connectivity index (χ0n) is 10.1. The van der Waals surface area contributed by atoms with Gasteiger partial charge < -0.3 is 10.4 Å². The molecule has 0 unspecified atom stereocenters. The van der Waals surface area contributed by atoms with Gasteiger partial charge in [0.2, 0.25) is 0 Å². The first-order valence-corrected chi connectivity index (χ1v) is 7.11. The normalized spacial score (nSPS) is 10.6. The third-order valence-electron chi connectivity index (χ3n) is 2.34. The molecule has 0 aliphatic carbocycles. The predicted molar refractivity (Wildman–Crippen MR) is 72.6 cm³/mol. The number of rotatable bonds is 5. The van der Waals surface area contributed by atoms with Gasteiger partial charge in [0, 0.05) is 16.0 Å². The molecule has 0 saturated carbocycles. The van der Waals surface area contributed by atoms with E-state index < -0.39 is 5.97 Å². The van der Waals surface area contributed by atoms with Crippen molar-refractivity contribution in [3.05, 3.63) is 26.7 Å². The number of aromatic carboxylic acids is 1. The Morgan fingerprint density at radius 2 is 2.28 bits per heavy atom. The molecule has 0 aliphatic heterocycles. The summed E-state index contributed by atoms with van der Waals surface area (Å²) in [7, 11) is 0. The maximum Gasteiger partial charge on any atom is 0.355 e. The molecule has 0 fully saturated rings. The van der Waals surface area contributed by atoms with E-state index in [1.165, 1.54) is 16.2 Å². The maximum absolute atomic E-state index is 10.9.